The zero-order chi connectivity index (χ0) is 9.84. The quantitative estimate of drug-likeness (QED) is 0.729. The van der Waals surface area contributed by atoms with E-state index in [1.807, 2.05) is 0 Å². The minimum atomic E-state index is -1.22. The molecule has 0 saturated carbocycles. The molecule has 0 aliphatic carbocycles. The number of aliphatic hydroxyl groups excluding tert-OH is 2. The van der Waals surface area contributed by atoms with Gasteiger partial charge >= 0.3 is 0 Å². The molecule has 2 N–H and O–H groups in total. The highest BCUT2D eigenvalue weighted by Crippen LogP contribution is 2.18. The Balaban J connectivity index is 2.64. The van der Waals surface area contributed by atoms with Gasteiger partial charge in [0, 0.05) is 5.02 Å². The van der Waals surface area contributed by atoms with E-state index in [2.05, 4.69) is 0 Å². The minimum Gasteiger partial charge on any atom is -0.462 e. The van der Waals surface area contributed by atoms with E-state index in [0.717, 1.165) is 0 Å². The Morgan fingerprint density at radius 1 is 1.38 bits per heavy atom. The molecule has 13 heavy (non-hydrogen) atoms. The normalized spacial score (nSPS) is 15.1. The SMILES string of the molecule is CC(O)C(O)Oc1cccc(Cl)c1. The molecule has 2 unspecified atom stereocenters. The average Bonchev–Trinajstić information content (AvgIpc) is 2.04. The second kappa shape index (κ2) is 4.46. The summed E-state index contributed by atoms with van der Waals surface area (Å²) in [4.78, 5) is 0. The van der Waals surface area contributed by atoms with Gasteiger partial charge in [0.15, 0.2) is 0 Å². The summed E-state index contributed by atoms with van der Waals surface area (Å²) in [5, 5.41) is 18.6. The van der Waals surface area contributed by atoms with Crippen LogP contribution in [-0.2, 0) is 0 Å². The van der Waals surface area contributed by atoms with E-state index >= 15 is 0 Å². The summed E-state index contributed by atoms with van der Waals surface area (Å²) in [6.45, 7) is 1.44. The Hall–Kier alpha value is -0.770. The van der Waals surface area contributed by atoms with Gasteiger partial charge in [0.05, 0.1) is 0 Å². The molecule has 0 aromatic heterocycles. The Labute approximate surface area is 81.5 Å². The lowest BCUT2D eigenvalue weighted by atomic mass is 10.3. The summed E-state index contributed by atoms with van der Waals surface area (Å²) in [5.41, 5.74) is 0. The summed E-state index contributed by atoms with van der Waals surface area (Å²) in [5.74, 6) is 0.431. The lowest BCUT2D eigenvalue weighted by Gasteiger charge is -2.15. The number of benzene rings is 1. The van der Waals surface area contributed by atoms with Crippen LogP contribution in [0.4, 0.5) is 0 Å². The van der Waals surface area contributed by atoms with Crippen molar-refractivity contribution in [3.63, 3.8) is 0 Å². The van der Waals surface area contributed by atoms with Gasteiger partial charge in [0.2, 0.25) is 6.29 Å². The first-order chi connectivity index (χ1) is 6.09. The van der Waals surface area contributed by atoms with Gasteiger partial charge in [-0.3, -0.25) is 0 Å². The van der Waals surface area contributed by atoms with Gasteiger partial charge in [0.1, 0.15) is 11.9 Å². The Kier molecular flexibility index (Phi) is 3.54. The number of halogens is 1. The molecule has 0 fully saturated rings. The lowest BCUT2D eigenvalue weighted by Crippen LogP contribution is -2.28. The van der Waals surface area contributed by atoms with Crippen LogP contribution in [0, 0.1) is 0 Å². The number of hydrogen-bond donors (Lipinski definition) is 2. The van der Waals surface area contributed by atoms with Gasteiger partial charge in [-0.05, 0) is 25.1 Å². The predicted molar refractivity (Wildman–Crippen MR) is 49.8 cm³/mol. The largest absolute Gasteiger partial charge is 0.462 e. The predicted octanol–water partition coefficient (Wildman–Crippen LogP) is 1.42. The van der Waals surface area contributed by atoms with Crippen LogP contribution in [0.2, 0.25) is 5.02 Å². The molecule has 72 valence electrons. The maximum absolute atomic E-state index is 9.16. The van der Waals surface area contributed by atoms with Crippen molar-refractivity contribution >= 4 is 11.6 Å². The first-order valence-corrected chi connectivity index (χ1v) is 4.26. The molecule has 4 heteroatoms. The molecule has 0 bridgehead atoms. The van der Waals surface area contributed by atoms with E-state index in [4.69, 9.17) is 26.6 Å². The fourth-order valence-electron chi connectivity index (χ4n) is 0.778. The van der Waals surface area contributed by atoms with Crippen molar-refractivity contribution in [2.75, 3.05) is 0 Å². The summed E-state index contributed by atoms with van der Waals surface area (Å²) < 4.78 is 4.98. The molecule has 0 heterocycles. The van der Waals surface area contributed by atoms with Crippen molar-refractivity contribution < 1.29 is 14.9 Å². The topological polar surface area (TPSA) is 49.7 Å². The second-order valence-electron chi connectivity index (χ2n) is 2.71. The summed E-state index contributed by atoms with van der Waals surface area (Å²) in [6, 6.07) is 6.61. The average molecular weight is 203 g/mol. The smallest absolute Gasteiger partial charge is 0.223 e. The third kappa shape index (κ3) is 3.22. The summed E-state index contributed by atoms with van der Waals surface area (Å²) in [7, 11) is 0. The van der Waals surface area contributed by atoms with E-state index < -0.39 is 12.4 Å². The molecule has 2 atom stereocenters. The van der Waals surface area contributed by atoms with Crippen LogP contribution in [0.15, 0.2) is 24.3 Å². The molecule has 0 amide bonds. The van der Waals surface area contributed by atoms with E-state index in [1.54, 1.807) is 24.3 Å². The highest BCUT2D eigenvalue weighted by atomic mass is 35.5. The highest BCUT2D eigenvalue weighted by Gasteiger charge is 2.11. The third-order valence-corrected chi connectivity index (χ3v) is 1.70. The third-order valence-electron chi connectivity index (χ3n) is 1.47. The highest BCUT2D eigenvalue weighted by molar-refractivity contribution is 6.30. The molecule has 0 saturated heterocycles. The number of hydrogen-bond acceptors (Lipinski definition) is 3. The van der Waals surface area contributed by atoms with Crippen LogP contribution in [0.3, 0.4) is 0 Å². The molecule has 0 spiro atoms. The van der Waals surface area contributed by atoms with Crippen LogP contribution < -0.4 is 4.74 Å². The van der Waals surface area contributed by atoms with E-state index in [-0.39, 0.29) is 0 Å². The van der Waals surface area contributed by atoms with Crippen molar-refractivity contribution in [1.82, 2.24) is 0 Å². The van der Waals surface area contributed by atoms with Gasteiger partial charge in [-0.25, -0.2) is 0 Å². The molecular formula is C9H11ClO3. The molecule has 3 nitrogen and oxygen atoms in total. The first-order valence-electron chi connectivity index (χ1n) is 3.88. The van der Waals surface area contributed by atoms with Crippen LogP contribution in [0.25, 0.3) is 0 Å². The Morgan fingerprint density at radius 3 is 2.62 bits per heavy atom. The van der Waals surface area contributed by atoms with Gasteiger partial charge in [-0.15, -0.1) is 0 Å². The van der Waals surface area contributed by atoms with Crippen molar-refractivity contribution in [3.8, 4) is 5.75 Å². The van der Waals surface area contributed by atoms with Crippen LogP contribution in [0.1, 0.15) is 6.92 Å². The van der Waals surface area contributed by atoms with Gasteiger partial charge in [-0.1, -0.05) is 17.7 Å². The number of aliphatic hydroxyl groups is 2. The van der Waals surface area contributed by atoms with Crippen molar-refractivity contribution in [1.29, 1.82) is 0 Å². The van der Waals surface area contributed by atoms with Crippen molar-refractivity contribution in [2.45, 2.75) is 19.3 Å². The standard InChI is InChI=1S/C9H11ClO3/c1-6(11)9(12)13-8-4-2-3-7(10)5-8/h2-6,9,11-12H,1H3. The zero-order valence-electron chi connectivity index (χ0n) is 7.14. The van der Waals surface area contributed by atoms with Gasteiger partial charge in [-0.2, -0.15) is 0 Å². The fourth-order valence-corrected chi connectivity index (χ4v) is 0.958. The van der Waals surface area contributed by atoms with Crippen molar-refractivity contribution in [3.05, 3.63) is 29.3 Å². The molecular weight excluding hydrogens is 192 g/mol. The van der Waals surface area contributed by atoms with Crippen LogP contribution >= 0.6 is 11.6 Å². The minimum absolute atomic E-state index is 0.431. The van der Waals surface area contributed by atoms with Gasteiger partial charge < -0.3 is 14.9 Å². The number of rotatable bonds is 3. The molecule has 0 aliphatic rings. The Bertz CT molecular complexity index is 275. The number of ether oxygens (including phenoxy) is 1. The van der Waals surface area contributed by atoms with E-state index in [9.17, 15) is 0 Å². The molecule has 1 rings (SSSR count). The monoisotopic (exact) mass is 202 g/mol. The molecule has 1 aromatic carbocycles. The maximum atomic E-state index is 9.16. The fraction of sp³-hybridized carbons (Fsp3) is 0.333. The lowest BCUT2D eigenvalue weighted by molar-refractivity contribution is -0.0958. The first kappa shape index (κ1) is 10.3. The maximum Gasteiger partial charge on any atom is 0.223 e. The molecule has 0 aliphatic heterocycles. The summed E-state index contributed by atoms with van der Waals surface area (Å²) >= 11 is 5.68. The zero-order valence-corrected chi connectivity index (χ0v) is 7.90. The Morgan fingerprint density at radius 2 is 2.08 bits per heavy atom. The van der Waals surface area contributed by atoms with E-state index in [0.29, 0.717) is 10.8 Å². The summed E-state index contributed by atoms with van der Waals surface area (Å²) in [6.07, 6.45) is -2.16. The molecule has 0 radical (unpaired) electrons. The van der Waals surface area contributed by atoms with Gasteiger partial charge in [0.25, 0.3) is 0 Å². The van der Waals surface area contributed by atoms with E-state index in [1.165, 1.54) is 6.92 Å². The second-order valence-corrected chi connectivity index (χ2v) is 3.14. The van der Waals surface area contributed by atoms with Crippen molar-refractivity contribution in [2.24, 2.45) is 0 Å². The molecule has 1 aromatic rings. The van der Waals surface area contributed by atoms with Crippen LogP contribution in [-0.4, -0.2) is 22.6 Å². The van der Waals surface area contributed by atoms with Crippen LogP contribution in [0.5, 0.6) is 5.75 Å².